The lowest BCUT2D eigenvalue weighted by atomic mass is 10.1. The third-order valence-corrected chi connectivity index (χ3v) is 3.65. The molecule has 1 heterocycles. The molecule has 2 amide bonds. The molecule has 1 aliphatic heterocycles. The molecule has 1 aliphatic rings. The number of likely N-dealkylation sites (tertiary alicyclic amines) is 1. The number of Topliss-reactive ketones (excluding diaryl/α,β-unsaturated/α-hetero) is 1. The molecule has 0 saturated carbocycles. The Hall–Kier alpha value is -1.84. The number of ketones is 1. The van der Waals surface area contributed by atoms with E-state index in [1.807, 2.05) is 36.1 Å². The molecular formula is C16H22N2O2. The van der Waals surface area contributed by atoms with Gasteiger partial charge < -0.3 is 10.2 Å². The first-order valence-corrected chi connectivity index (χ1v) is 7.29. The third kappa shape index (κ3) is 4.08. The van der Waals surface area contributed by atoms with Crippen molar-refractivity contribution < 1.29 is 9.59 Å². The van der Waals surface area contributed by atoms with Crippen molar-refractivity contribution in [2.75, 3.05) is 19.6 Å². The number of hydrogen-bond donors (Lipinski definition) is 1. The van der Waals surface area contributed by atoms with Crippen LogP contribution in [-0.2, 0) is 0 Å². The molecule has 20 heavy (non-hydrogen) atoms. The number of carbonyl (C=O) groups excluding carboxylic acids is 2. The minimum absolute atomic E-state index is 0.0404. The van der Waals surface area contributed by atoms with Gasteiger partial charge in [0.05, 0.1) is 0 Å². The van der Waals surface area contributed by atoms with E-state index in [0.717, 1.165) is 31.5 Å². The van der Waals surface area contributed by atoms with Crippen molar-refractivity contribution in [3.8, 4) is 0 Å². The quantitative estimate of drug-likeness (QED) is 0.858. The zero-order valence-electron chi connectivity index (χ0n) is 12.0. The number of rotatable bonds is 4. The predicted molar refractivity (Wildman–Crippen MR) is 78.9 cm³/mol. The number of benzene rings is 1. The fraction of sp³-hybridized carbons (Fsp3) is 0.500. The number of piperidine rings is 1. The Balaban J connectivity index is 1.73. The summed E-state index contributed by atoms with van der Waals surface area (Å²) >= 11 is 0. The van der Waals surface area contributed by atoms with Gasteiger partial charge in [-0.1, -0.05) is 29.8 Å². The van der Waals surface area contributed by atoms with Gasteiger partial charge in [0.2, 0.25) is 0 Å². The minimum atomic E-state index is -0.0404. The maximum absolute atomic E-state index is 11.9. The second kappa shape index (κ2) is 7.08. The van der Waals surface area contributed by atoms with E-state index >= 15 is 0 Å². The monoisotopic (exact) mass is 274 g/mol. The molecule has 0 aromatic heterocycles. The van der Waals surface area contributed by atoms with Crippen LogP contribution in [0.2, 0.25) is 0 Å². The molecule has 0 bridgehead atoms. The van der Waals surface area contributed by atoms with Gasteiger partial charge in [-0.3, -0.25) is 4.79 Å². The molecule has 4 heteroatoms. The predicted octanol–water partition coefficient (Wildman–Crippen LogP) is 2.76. The highest BCUT2D eigenvalue weighted by molar-refractivity contribution is 5.96. The molecular weight excluding hydrogens is 252 g/mol. The summed E-state index contributed by atoms with van der Waals surface area (Å²) < 4.78 is 0. The molecule has 1 saturated heterocycles. The largest absolute Gasteiger partial charge is 0.338 e. The Morgan fingerprint density at radius 2 is 1.75 bits per heavy atom. The van der Waals surface area contributed by atoms with Crippen molar-refractivity contribution >= 4 is 11.8 Å². The van der Waals surface area contributed by atoms with E-state index in [1.165, 1.54) is 6.42 Å². The molecule has 1 aromatic rings. The average molecular weight is 274 g/mol. The number of hydrogen-bond acceptors (Lipinski definition) is 2. The standard InChI is InChI=1S/C16H22N2O2/c1-13-5-7-14(8-6-13)15(19)9-10-17-16(20)18-11-3-2-4-12-18/h5-8H,2-4,9-12H2,1H3,(H,17,20). The second-order valence-corrected chi connectivity index (χ2v) is 5.32. The molecule has 108 valence electrons. The van der Waals surface area contributed by atoms with Gasteiger partial charge in [0.25, 0.3) is 0 Å². The Bertz CT molecular complexity index is 462. The van der Waals surface area contributed by atoms with Crippen LogP contribution in [0.5, 0.6) is 0 Å². The Kier molecular flexibility index (Phi) is 5.16. The summed E-state index contributed by atoms with van der Waals surface area (Å²) in [5, 5.41) is 2.83. The molecule has 0 atom stereocenters. The fourth-order valence-corrected chi connectivity index (χ4v) is 2.38. The Morgan fingerprint density at radius 3 is 2.40 bits per heavy atom. The van der Waals surface area contributed by atoms with Gasteiger partial charge in [0, 0.05) is 31.6 Å². The molecule has 2 rings (SSSR count). The van der Waals surface area contributed by atoms with E-state index in [-0.39, 0.29) is 11.8 Å². The van der Waals surface area contributed by atoms with Crippen LogP contribution in [0.4, 0.5) is 4.79 Å². The topological polar surface area (TPSA) is 49.4 Å². The van der Waals surface area contributed by atoms with Gasteiger partial charge in [0.1, 0.15) is 0 Å². The summed E-state index contributed by atoms with van der Waals surface area (Å²) in [6, 6.07) is 7.49. The molecule has 1 aromatic carbocycles. The zero-order chi connectivity index (χ0) is 14.4. The summed E-state index contributed by atoms with van der Waals surface area (Å²) in [6.45, 7) is 4.06. The van der Waals surface area contributed by atoms with Crippen LogP contribution in [0.3, 0.4) is 0 Å². The number of urea groups is 1. The maximum atomic E-state index is 11.9. The fourth-order valence-electron chi connectivity index (χ4n) is 2.38. The molecule has 1 N–H and O–H groups in total. The highest BCUT2D eigenvalue weighted by Crippen LogP contribution is 2.09. The number of aryl methyl sites for hydroxylation is 1. The lowest BCUT2D eigenvalue weighted by Gasteiger charge is -2.26. The Morgan fingerprint density at radius 1 is 1.10 bits per heavy atom. The first-order valence-electron chi connectivity index (χ1n) is 7.29. The molecule has 0 radical (unpaired) electrons. The van der Waals surface area contributed by atoms with Crippen LogP contribution in [0.25, 0.3) is 0 Å². The lowest BCUT2D eigenvalue weighted by molar-refractivity contribution is 0.0983. The van der Waals surface area contributed by atoms with Crippen LogP contribution >= 0.6 is 0 Å². The number of nitrogens with zero attached hydrogens (tertiary/aromatic N) is 1. The van der Waals surface area contributed by atoms with Gasteiger partial charge in [-0.15, -0.1) is 0 Å². The third-order valence-electron chi connectivity index (χ3n) is 3.65. The number of carbonyl (C=O) groups is 2. The molecule has 4 nitrogen and oxygen atoms in total. The van der Waals surface area contributed by atoms with Crippen molar-refractivity contribution in [2.24, 2.45) is 0 Å². The van der Waals surface area contributed by atoms with E-state index in [9.17, 15) is 9.59 Å². The minimum Gasteiger partial charge on any atom is -0.338 e. The number of amides is 2. The summed E-state index contributed by atoms with van der Waals surface area (Å²) in [7, 11) is 0. The smallest absolute Gasteiger partial charge is 0.317 e. The molecule has 0 spiro atoms. The first kappa shape index (κ1) is 14.6. The average Bonchev–Trinajstić information content (AvgIpc) is 2.48. The molecule has 0 aliphatic carbocycles. The van der Waals surface area contributed by atoms with Crippen molar-refractivity contribution in [2.45, 2.75) is 32.6 Å². The van der Waals surface area contributed by atoms with E-state index in [1.54, 1.807) is 0 Å². The van der Waals surface area contributed by atoms with Crippen LogP contribution < -0.4 is 5.32 Å². The number of nitrogens with one attached hydrogen (secondary N) is 1. The summed E-state index contributed by atoms with van der Waals surface area (Å²) in [5.74, 6) is 0.0731. The van der Waals surface area contributed by atoms with Gasteiger partial charge >= 0.3 is 6.03 Å². The van der Waals surface area contributed by atoms with Crippen molar-refractivity contribution in [1.29, 1.82) is 0 Å². The Labute approximate surface area is 120 Å². The highest BCUT2D eigenvalue weighted by atomic mass is 16.2. The van der Waals surface area contributed by atoms with Crippen LogP contribution in [0.1, 0.15) is 41.6 Å². The second-order valence-electron chi connectivity index (χ2n) is 5.32. The normalized spacial score (nSPS) is 14.9. The van der Waals surface area contributed by atoms with Crippen molar-refractivity contribution in [3.05, 3.63) is 35.4 Å². The van der Waals surface area contributed by atoms with E-state index in [2.05, 4.69) is 5.32 Å². The maximum Gasteiger partial charge on any atom is 0.317 e. The van der Waals surface area contributed by atoms with Crippen LogP contribution in [0.15, 0.2) is 24.3 Å². The molecule has 1 fully saturated rings. The SMILES string of the molecule is Cc1ccc(C(=O)CCNC(=O)N2CCCCC2)cc1. The van der Waals surface area contributed by atoms with E-state index < -0.39 is 0 Å². The zero-order valence-corrected chi connectivity index (χ0v) is 12.0. The highest BCUT2D eigenvalue weighted by Gasteiger charge is 2.16. The van der Waals surface area contributed by atoms with Gasteiger partial charge in [0.15, 0.2) is 5.78 Å². The van der Waals surface area contributed by atoms with Crippen LogP contribution in [-0.4, -0.2) is 36.3 Å². The lowest BCUT2D eigenvalue weighted by Crippen LogP contribution is -2.43. The van der Waals surface area contributed by atoms with Crippen molar-refractivity contribution in [3.63, 3.8) is 0 Å². The van der Waals surface area contributed by atoms with E-state index in [4.69, 9.17) is 0 Å². The van der Waals surface area contributed by atoms with Gasteiger partial charge in [-0.25, -0.2) is 4.79 Å². The van der Waals surface area contributed by atoms with Crippen LogP contribution in [0, 0.1) is 6.92 Å². The summed E-state index contributed by atoms with van der Waals surface area (Å²) in [5.41, 5.74) is 1.85. The summed E-state index contributed by atoms with van der Waals surface area (Å²) in [4.78, 5) is 25.6. The van der Waals surface area contributed by atoms with Gasteiger partial charge in [-0.2, -0.15) is 0 Å². The molecule has 0 unspecified atom stereocenters. The van der Waals surface area contributed by atoms with Gasteiger partial charge in [-0.05, 0) is 26.2 Å². The van der Waals surface area contributed by atoms with E-state index in [0.29, 0.717) is 18.5 Å². The van der Waals surface area contributed by atoms with Crippen molar-refractivity contribution in [1.82, 2.24) is 10.2 Å². The summed E-state index contributed by atoms with van der Waals surface area (Å²) in [6.07, 6.45) is 3.71. The first-order chi connectivity index (χ1) is 9.66.